The van der Waals surface area contributed by atoms with Crippen LogP contribution in [0.4, 0.5) is 0 Å². The molecular formula is C49H42SiTi. The summed E-state index contributed by atoms with van der Waals surface area (Å²) in [5.74, 6) is 0. The van der Waals surface area contributed by atoms with E-state index in [-0.39, 0.29) is 6.19 Å². The number of fused-ring (bicyclic) bond motifs is 4. The molecule has 9 rings (SSSR count). The van der Waals surface area contributed by atoms with E-state index in [1.165, 1.54) is 81.7 Å². The molecule has 0 fully saturated rings. The molecular weight excluding hydrogens is 664 g/mol. The van der Waals surface area contributed by atoms with Crippen molar-refractivity contribution in [1.29, 1.82) is 0 Å². The zero-order valence-electron chi connectivity index (χ0n) is 29.7. The molecule has 246 valence electrons. The minimum absolute atomic E-state index is 0.212. The molecule has 0 saturated carbocycles. The second-order valence-corrected chi connectivity index (χ2v) is 18.4. The fourth-order valence-electron chi connectivity index (χ4n) is 7.08. The Morgan fingerprint density at radius 3 is 1.22 bits per heavy atom. The summed E-state index contributed by atoms with van der Waals surface area (Å²) in [5.41, 5.74) is 8.15. The first-order chi connectivity index (χ1) is 25.0. The Morgan fingerprint density at radius 2 is 0.804 bits per heavy atom. The molecule has 9 aromatic rings. The topological polar surface area (TPSA) is 0 Å². The van der Waals surface area contributed by atoms with Crippen molar-refractivity contribution in [3.63, 3.8) is 0 Å². The van der Waals surface area contributed by atoms with Crippen LogP contribution in [0.25, 0.3) is 65.3 Å². The van der Waals surface area contributed by atoms with Crippen molar-refractivity contribution in [3.05, 3.63) is 187 Å². The molecule has 0 heterocycles. The second-order valence-electron chi connectivity index (χ2n) is 13.1. The Kier molecular flexibility index (Phi) is 10.9. The molecule has 0 bridgehead atoms. The second kappa shape index (κ2) is 16.0. The van der Waals surface area contributed by atoms with Gasteiger partial charge in [-0.1, -0.05) is 122 Å². The summed E-state index contributed by atoms with van der Waals surface area (Å²) in [5, 5.41) is 12.2. The van der Waals surface area contributed by atoms with Gasteiger partial charge in [-0.25, -0.2) is 0 Å². The number of hydrogen-bond donors (Lipinski definition) is 0. The zero-order chi connectivity index (χ0) is 35.2. The summed E-state index contributed by atoms with van der Waals surface area (Å²) in [6.07, 6.45) is 1.96. The summed E-state index contributed by atoms with van der Waals surface area (Å²) in [7, 11) is 0. The molecule has 2 heteroatoms. The Hall–Kier alpha value is -4.79. The summed E-state index contributed by atoms with van der Waals surface area (Å²) in [6.45, 7) is 6.73. The number of rotatable bonds is 5. The molecule has 0 atom stereocenters. The van der Waals surface area contributed by atoms with Gasteiger partial charge in [0.25, 0.3) is 0 Å². The van der Waals surface area contributed by atoms with Crippen LogP contribution in [0.1, 0.15) is 25.0 Å². The summed E-state index contributed by atoms with van der Waals surface area (Å²) in [4.78, 5) is 0. The van der Waals surface area contributed by atoms with Crippen LogP contribution in [0.2, 0.25) is 6.55 Å². The maximum atomic E-state index is 2.34. The minimum atomic E-state index is -0.212. The van der Waals surface area contributed by atoms with Crippen LogP contribution in [0.5, 0.6) is 0 Å². The predicted molar refractivity (Wildman–Crippen MR) is 221 cm³/mol. The van der Waals surface area contributed by atoms with E-state index >= 15 is 0 Å². The van der Waals surface area contributed by atoms with E-state index in [2.05, 4.69) is 215 Å². The van der Waals surface area contributed by atoms with Gasteiger partial charge in [0, 0.05) is 0 Å². The van der Waals surface area contributed by atoms with Crippen molar-refractivity contribution in [3.8, 4) is 22.3 Å². The first-order valence-corrected chi connectivity index (χ1v) is 22.3. The molecule has 0 aliphatic rings. The van der Waals surface area contributed by atoms with Gasteiger partial charge in [-0.05, 0) is 45.5 Å². The van der Waals surface area contributed by atoms with Crippen molar-refractivity contribution >= 4 is 54.5 Å². The fraction of sp³-hybridized carbons (Fsp3) is 0.102. The third-order valence-electron chi connectivity index (χ3n) is 9.80. The third kappa shape index (κ3) is 7.63. The Balaban J connectivity index is 0.000000129. The number of aryl methyl sites for hydroxylation is 2. The normalized spacial score (nSPS) is 10.9. The Labute approximate surface area is 314 Å². The van der Waals surface area contributed by atoms with Gasteiger partial charge in [0.2, 0.25) is 0 Å². The van der Waals surface area contributed by atoms with Gasteiger partial charge in [-0.15, -0.1) is 69.1 Å². The van der Waals surface area contributed by atoms with Crippen LogP contribution in [0.3, 0.4) is 0 Å². The molecule has 0 radical (unpaired) electrons. The average Bonchev–Trinajstić information content (AvgIpc) is 3.83. The van der Waals surface area contributed by atoms with Gasteiger partial charge in [0.05, 0.1) is 0 Å². The standard InChI is InChI=1S/2C21H17.C7H8Si.Ti/c2*1-2-15-13-17-9-6-12-20(21(17)14-15)19-11-5-8-16-7-3-4-10-18(16)19;1-8-7-5-3-2-4-6-7;/h2*3-14H,2H2,1H3;2-6H,1H3;/q2*-1;;+2. The van der Waals surface area contributed by atoms with Gasteiger partial charge in [0.15, 0.2) is 0 Å². The summed E-state index contributed by atoms with van der Waals surface area (Å²) < 4.78 is 0. The van der Waals surface area contributed by atoms with E-state index in [0.29, 0.717) is 0 Å². The third-order valence-corrected chi connectivity index (χ3v) is 12.4. The van der Waals surface area contributed by atoms with Gasteiger partial charge < -0.3 is 0 Å². The van der Waals surface area contributed by atoms with Gasteiger partial charge in [-0.3, -0.25) is 0 Å². The zero-order valence-corrected chi connectivity index (χ0v) is 32.2. The molecule has 0 aliphatic carbocycles. The van der Waals surface area contributed by atoms with Crippen LogP contribution >= 0.6 is 0 Å². The van der Waals surface area contributed by atoms with Crippen LogP contribution < -0.4 is 5.19 Å². The first kappa shape index (κ1) is 34.7. The van der Waals surface area contributed by atoms with Crippen molar-refractivity contribution in [1.82, 2.24) is 0 Å². The molecule has 0 nitrogen and oxygen atoms in total. The van der Waals surface area contributed by atoms with Crippen molar-refractivity contribution in [2.45, 2.75) is 33.2 Å². The molecule has 0 spiro atoms. The van der Waals surface area contributed by atoms with Crippen molar-refractivity contribution in [2.75, 3.05) is 0 Å². The van der Waals surface area contributed by atoms with E-state index in [9.17, 15) is 0 Å². The first-order valence-electron chi connectivity index (χ1n) is 18.0. The van der Waals surface area contributed by atoms with Crippen LogP contribution in [-0.2, 0) is 32.0 Å². The Bertz CT molecular complexity index is 2420. The van der Waals surface area contributed by atoms with Crippen molar-refractivity contribution in [2.24, 2.45) is 0 Å². The molecule has 0 amide bonds. The van der Waals surface area contributed by atoms with E-state index in [1.54, 1.807) is 0 Å². The van der Waals surface area contributed by atoms with E-state index in [0.717, 1.165) is 12.8 Å². The average molecular weight is 707 g/mol. The van der Waals surface area contributed by atoms with Gasteiger partial charge in [0.1, 0.15) is 0 Å². The molecule has 0 aliphatic heterocycles. The predicted octanol–water partition coefficient (Wildman–Crippen LogP) is 12.9. The van der Waals surface area contributed by atoms with E-state index in [4.69, 9.17) is 0 Å². The molecule has 0 saturated heterocycles. The Morgan fingerprint density at radius 1 is 0.431 bits per heavy atom. The maximum absolute atomic E-state index is 2.34. The molecule has 9 aromatic carbocycles. The monoisotopic (exact) mass is 706 g/mol. The van der Waals surface area contributed by atoms with Gasteiger partial charge >= 0.3 is 67.4 Å². The SMILES string of the molecule is CCc1cc2c(-c3cccc4ccccc34)cccc2[cH-]1.CCc1cc2c(-c3cccc4ccccc34)cccc2[cH-]1.C[Si](=[Ti+2])c1ccccc1. The molecule has 0 N–H and O–H groups in total. The van der Waals surface area contributed by atoms with Gasteiger partial charge in [-0.2, -0.15) is 12.1 Å². The quantitative estimate of drug-likeness (QED) is 0.123. The summed E-state index contributed by atoms with van der Waals surface area (Å²) >= 11 is 2.31. The van der Waals surface area contributed by atoms with Crippen LogP contribution in [0, 0.1) is 0 Å². The van der Waals surface area contributed by atoms with Crippen LogP contribution in [0.15, 0.2) is 176 Å². The van der Waals surface area contributed by atoms with Crippen LogP contribution in [-0.4, -0.2) is 6.19 Å². The van der Waals surface area contributed by atoms with Crippen molar-refractivity contribution < 1.29 is 19.2 Å². The number of benzene rings is 7. The summed E-state index contributed by atoms with van der Waals surface area (Å²) in [6, 6.07) is 63.6. The number of hydrogen-bond acceptors (Lipinski definition) is 0. The molecule has 0 aromatic heterocycles. The molecule has 0 unspecified atom stereocenters. The van der Waals surface area contributed by atoms with E-state index in [1.807, 2.05) is 0 Å². The van der Waals surface area contributed by atoms with E-state index < -0.39 is 0 Å². The molecule has 51 heavy (non-hydrogen) atoms. The fourth-order valence-corrected chi connectivity index (χ4v) is 8.55.